The van der Waals surface area contributed by atoms with Gasteiger partial charge in [0.1, 0.15) is 11.5 Å². The summed E-state index contributed by atoms with van der Waals surface area (Å²) in [4.78, 5) is 23.9. The molecule has 4 aromatic rings. The predicted molar refractivity (Wildman–Crippen MR) is 127 cm³/mol. The summed E-state index contributed by atoms with van der Waals surface area (Å²) < 4.78 is 28.3. The van der Waals surface area contributed by atoms with E-state index in [0.29, 0.717) is 28.7 Å². The lowest BCUT2D eigenvalue weighted by molar-refractivity contribution is -0.117. The second kappa shape index (κ2) is 8.64. The van der Waals surface area contributed by atoms with Crippen LogP contribution < -0.4 is 14.4 Å². The molecule has 10 heteroatoms. The number of fused-ring (bicyclic) bond motifs is 1. The molecule has 3 N–H and O–H groups in total. The van der Waals surface area contributed by atoms with Crippen LogP contribution >= 0.6 is 0 Å². The highest BCUT2D eigenvalue weighted by molar-refractivity contribution is 7.81. The first kappa shape index (κ1) is 21.1. The van der Waals surface area contributed by atoms with E-state index in [4.69, 9.17) is 4.74 Å². The molecule has 168 valence electrons. The molecule has 1 atom stereocenters. The highest BCUT2D eigenvalue weighted by atomic mass is 32.2. The molecule has 1 fully saturated rings. The van der Waals surface area contributed by atoms with Crippen LogP contribution in [0.15, 0.2) is 60.9 Å². The number of hydrogen-bond donors (Lipinski definition) is 3. The molecule has 1 saturated carbocycles. The molecule has 9 nitrogen and oxygen atoms in total. The van der Waals surface area contributed by atoms with Crippen LogP contribution in [-0.2, 0) is 16.1 Å². The van der Waals surface area contributed by atoms with Crippen LogP contribution in [0.2, 0.25) is 0 Å². The third kappa shape index (κ3) is 4.30. The number of aromatic amines is 1. The summed E-state index contributed by atoms with van der Waals surface area (Å²) in [6, 6.07) is 14.3. The molecule has 33 heavy (non-hydrogen) atoms. The first-order chi connectivity index (χ1) is 16.0. The van der Waals surface area contributed by atoms with Gasteiger partial charge in [0, 0.05) is 23.6 Å². The Hall–Kier alpha value is -3.76. The number of aromatic nitrogens is 3. The number of nitrogens with one attached hydrogen (secondary N) is 2. The normalized spacial score (nSPS) is 14.1. The molecule has 3 aromatic heterocycles. The summed E-state index contributed by atoms with van der Waals surface area (Å²) in [6.07, 6.45) is 5.10. The first-order valence-electron chi connectivity index (χ1n) is 10.3. The number of amides is 1. The van der Waals surface area contributed by atoms with Gasteiger partial charge < -0.3 is 15.0 Å². The third-order valence-electron chi connectivity index (χ3n) is 5.46. The number of H-pyrrole nitrogens is 1. The van der Waals surface area contributed by atoms with Crippen molar-refractivity contribution in [3.8, 4) is 17.0 Å². The number of rotatable bonds is 7. The summed E-state index contributed by atoms with van der Waals surface area (Å²) in [5, 5.41) is 3.81. The molecular formula is C23H21N5O4S. The average molecular weight is 464 g/mol. The van der Waals surface area contributed by atoms with Gasteiger partial charge in [0.05, 0.1) is 24.7 Å². The second-order valence-electron chi connectivity index (χ2n) is 7.69. The Kier molecular flexibility index (Phi) is 5.53. The minimum absolute atomic E-state index is 0.0103. The van der Waals surface area contributed by atoms with Gasteiger partial charge in [0.2, 0.25) is 11.8 Å². The van der Waals surface area contributed by atoms with Gasteiger partial charge in [0.15, 0.2) is 0 Å². The number of nitrogens with zero attached hydrogens (tertiary/aromatic N) is 3. The Bertz CT molecular complexity index is 1330. The quantitative estimate of drug-likeness (QED) is 0.352. The third-order valence-corrected chi connectivity index (χ3v) is 6.20. The summed E-state index contributed by atoms with van der Waals surface area (Å²) in [5.41, 5.74) is 3.41. The molecule has 5 rings (SSSR count). The van der Waals surface area contributed by atoms with Crippen LogP contribution in [0.3, 0.4) is 0 Å². The van der Waals surface area contributed by atoms with Crippen molar-refractivity contribution in [2.75, 3.05) is 16.7 Å². The van der Waals surface area contributed by atoms with Crippen molar-refractivity contribution in [1.29, 1.82) is 0 Å². The van der Waals surface area contributed by atoms with Crippen LogP contribution in [0.5, 0.6) is 5.88 Å². The monoisotopic (exact) mass is 463 g/mol. The van der Waals surface area contributed by atoms with Gasteiger partial charge in [-0.1, -0.05) is 12.1 Å². The van der Waals surface area contributed by atoms with E-state index in [9.17, 15) is 13.6 Å². The van der Waals surface area contributed by atoms with Gasteiger partial charge in [-0.2, -0.15) is 0 Å². The highest BCUT2D eigenvalue weighted by Crippen LogP contribution is 2.34. The number of benzene rings is 1. The summed E-state index contributed by atoms with van der Waals surface area (Å²) in [7, 11) is 1.51. The molecule has 0 aliphatic heterocycles. The van der Waals surface area contributed by atoms with Crippen molar-refractivity contribution in [1.82, 2.24) is 15.0 Å². The Balaban J connectivity index is 1.48. The maximum atomic E-state index is 12.2. The highest BCUT2D eigenvalue weighted by Gasteiger charge is 2.30. The molecule has 0 spiro atoms. The van der Waals surface area contributed by atoms with Gasteiger partial charge in [-0.05, 0) is 54.3 Å². The maximum Gasteiger partial charge on any atom is 0.266 e. The smallest absolute Gasteiger partial charge is 0.266 e. The molecule has 0 saturated heterocycles. The number of pyridine rings is 2. The fraction of sp³-hybridized carbons (Fsp3) is 0.174. The van der Waals surface area contributed by atoms with E-state index in [0.717, 1.165) is 29.4 Å². The van der Waals surface area contributed by atoms with Gasteiger partial charge >= 0.3 is 0 Å². The van der Waals surface area contributed by atoms with Crippen LogP contribution in [0.1, 0.15) is 12.8 Å². The lowest BCUT2D eigenvalue weighted by Gasteiger charge is -2.20. The van der Waals surface area contributed by atoms with E-state index < -0.39 is 11.3 Å². The topological polar surface area (TPSA) is 120 Å². The van der Waals surface area contributed by atoms with E-state index in [2.05, 4.69) is 20.3 Å². The van der Waals surface area contributed by atoms with Gasteiger partial charge in [-0.15, -0.1) is 0 Å². The van der Waals surface area contributed by atoms with E-state index in [1.54, 1.807) is 30.5 Å². The van der Waals surface area contributed by atoms with Crippen molar-refractivity contribution in [2.24, 2.45) is 5.92 Å². The average Bonchev–Trinajstić information content (AvgIpc) is 3.57. The van der Waals surface area contributed by atoms with E-state index in [1.165, 1.54) is 17.6 Å². The summed E-state index contributed by atoms with van der Waals surface area (Å²) in [5.74, 6) is 0.967. The minimum Gasteiger partial charge on any atom is -0.481 e. The number of anilines is 3. The molecule has 1 unspecified atom stereocenters. The van der Waals surface area contributed by atoms with Crippen molar-refractivity contribution in [3.05, 3.63) is 60.9 Å². The fourth-order valence-electron chi connectivity index (χ4n) is 3.63. The van der Waals surface area contributed by atoms with E-state index in [-0.39, 0.29) is 11.8 Å². The largest absolute Gasteiger partial charge is 0.481 e. The van der Waals surface area contributed by atoms with Crippen molar-refractivity contribution < 1.29 is 18.3 Å². The number of carbonyl (C=O) groups excluding carboxylic acids is 1. The standard InChI is InChI=1S/C23H21N5O4S/c1-32-21-9-8-17(13-25-21)28(33(30)31)16-6-4-14(5-7-16)19-12-20(27-23(29)15-2-3-15)26-22-18(19)10-11-24-22/h4-13,15H,2-3H2,1H3,(H,30,31)(H2,24,26,27,29). The maximum absolute atomic E-state index is 12.2. The van der Waals surface area contributed by atoms with Gasteiger partial charge in [-0.25, -0.2) is 18.5 Å². The summed E-state index contributed by atoms with van der Waals surface area (Å²) in [6.45, 7) is 0. The molecule has 1 aromatic carbocycles. The van der Waals surface area contributed by atoms with E-state index in [1.807, 2.05) is 24.3 Å². The number of hydrogen-bond acceptors (Lipinski definition) is 5. The van der Waals surface area contributed by atoms with Crippen LogP contribution in [0, 0.1) is 5.92 Å². The number of carbonyl (C=O) groups is 1. The number of ether oxygens (including phenoxy) is 1. The van der Waals surface area contributed by atoms with Crippen LogP contribution in [0.25, 0.3) is 22.2 Å². The summed E-state index contributed by atoms with van der Waals surface area (Å²) >= 11 is -2.30. The zero-order valence-corrected chi connectivity index (χ0v) is 18.5. The zero-order chi connectivity index (χ0) is 22.9. The predicted octanol–water partition coefficient (Wildman–Crippen LogP) is 4.26. The SMILES string of the molecule is COc1ccc(N(c2ccc(-c3cc(NC(=O)C4CC4)nc4[nH]ccc34)cc2)S(=O)O)cn1. The molecule has 3 heterocycles. The van der Waals surface area contributed by atoms with Gasteiger partial charge in [-0.3, -0.25) is 9.35 Å². The van der Waals surface area contributed by atoms with Crippen molar-refractivity contribution in [2.45, 2.75) is 12.8 Å². The number of methoxy groups -OCH3 is 1. The Morgan fingerprint density at radius 3 is 2.58 bits per heavy atom. The Morgan fingerprint density at radius 1 is 1.18 bits per heavy atom. The van der Waals surface area contributed by atoms with Crippen molar-refractivity contribution in [3.63, 3.8) is 0 Å². The second-order valence-corrected chi connectivity index (χ2v) is 8.52. The fourth-order valence-corrected chi connectivity index (χ4v) is 4.22. The van der Waals surface area contributed by atoms with Crippen LogP contribution in [0.4, 0.5) is 17.2 Å². The van der Waals surface area contributed by atoms with E-state index >= 15 is 0 Å². The van der Waals surface area contributed by atoms with Crippen molar-refractivity contribution >= 4 is 45.4 Å². The zero-order valence-electron chi connectivity index (χ0n) is 17.7. The molecule has 0 radical (unpaired) electrons. The van der Waals surface area contributed by atoms with Crippen LogP contribution in [-0.4, -0.2) is 36.7 Å². The lowest BCUT2D eigenvalue weighted by Crippen LogP contribution is -2.19. The molecule has 0 bridgehead atoms. The Morgan fingerprint density at radius 2 is 1.94 bits per heavy atom. The first-order valence-corrected chi connectivity index (χ1v) is 11.4. The Labute approximate surface area is 192 Å². The molecule has 1 aliphatic carbocycles. The minimum atomic E-state index is -2.30. The molecular weight excluding hydrogens is 442 g/mol. The lowest BCUT2D eigenvalue weighted by atomic mass is 10.0. The molecule has 1 amide bonds. The van der Waals surface area contributed by atoms with Gasteiger partial charge in [0.25, 0.3) is 11.3 Å². The molecule has 1 aliphatic rings.